The Kier molecular flexibility index (Phi) is 6.81. The molecule has 6 heteroatoms. The summed E-state index contributed by atoms with van der Waals surface area (Å²) >= 11 is 0. The first-order chi connectivity index (χ1) is 15.6. The van der Waals surface area contributed by atoms with Crippen LogP contribution in [0.15, 0.2) is 109 Å². The fourth-order valence-electron chi connectivity index (χ4n) is 3.71. The zero-order valence-electron chi connectivity index (χ0n) is 17.8. The topological polar surface area (TPSA) is 77.2 Å². The Hall–Kier alpha value is -3.24. The molecule has 0 spiro atoms. The number of pyridine rings is 1. The van der Waals surface area contributed by atoms with E-state index in [1.807, 2.05) is 103 Å². The van der Waals surface area contributed by atoms with E-state index in [0.717, 1.165) is 5.56 Å². The second-order valence-electron chi connectivity index (χ2n) is 7.44. The Morgan fingerprint density at radius 1 is 0.844 bits per heavy atom. The van der Waals surface area contributed by atoms with Gasteiger partial charge in [0.15, 0.2) is 0 Å². The zero-order chi connectivity index (χ0) is 22.4. The van der Waals surface area contributed by atoms with E-state index in [9.17, 15) is 4.57 Å². The van der Waals surface area contributed by atoms with Crippen LogP contribution in [0.1, 0.15) is 23.3 Å². The van der Waals surface area contributed by atoms with Gasteiger partial charge in [0.25, 0.3) is 0 Å². The molecule has 0 aliphatic heterocycles. The normalized spacial score (nSPS) is 13.3. The van der Waals surface area contributed by atoms with Crippen LogP contribution in [0.4, 0.5) is 0 Å². The van der Waals surface area contributed by atoms with Gasteiger partial charge in [0.1, 0.15) is 5.75 Å². The molecule has 0 aliphatic carbocycles. The van der Waals surface area contributed by atoms with Crippen LogP contribution in [0, 0.1) is 0 Å². The van der Waals surface area contributed by atoms with Crippen LogP contribution < -0.4 is 26.2 Å². The number of nitrogens with two attached hydrogens (primary N) is 1. The van der Waals surface area contributed by atoms with E-state index in [4.69, 9.17) is 10.5 Å². The Labute approximate surface area is 188 Å². The van der Waals surface area contributed by atoms with Gasteiger partial charge in [-0.3, -0.25) is 14.6 Å². The number of nitrogens with zero attached hydrogens (tertiary/aromatic N) is 1. The lowest BCUT2D eigenvalue weighted by atomic mass is 9.98. The second kappa shape index (κ2) is 9.92. The van der Waals surface area contributed by atoms with Crippen LogP contribution in [0.25, 0.3) is 0 Å². The van der Waals surface area contributed by atoms with Crippen molar-refractivity contribution in [1.82, 2.24) is 10.1 Å². The highest BCUT2D eigenvalue weighted by atomic mass is 31.2. The Morgan fingerprint density at radius 3 is 2.03 bits per heavy atom. The fourth-order valence-corrected chi connectivity index (χ4v) is 6.19. The lowest BCUT2D eigenvalue weighted by Crippen LogP contribution is -2.36. The number of ether oxygens (including phenoxy) is 1. The molecule has 162 valence electrons. The van der Waals surface area contributed by atoms with Gasteiger partial charge in [-0.1, -0.05) is 54.6 Å². The van der Waals surface area contributed by atoms with E-state index in [0.29, 0.717) is 22.1 Å². The number of benzene rings is 3. The van der Waals surface area contributed by atoms with E-state index in [1.165, 1.54) is 0 Å². The monoisotopic (exact) mass is 443 g/mol. The van der Waals surface area contributed by atoms with Gasteiger partial charge in [-0.15, -0.1) is 0 Å². The number of aromatic nitrogens is 1. The molecule has 0 fully saturated rings. The van der Waals surface area contributed by atoms with Crippen molar-refractivity contribution in [3.05, 3.63) is 121 Å². The molecule has 0 saturated carbocycles. The number of rotatable bonds is 8. The third-order valence-corrected chi connectivity index (χ3v) is 8.09. The molecule has 0 aliphatic rings. The summed E-state index contributed by atoms with van der Waals surface area (Å²) in [6, 6.07) is 31.2. The van der Waals surface area contributed by atoms with Gasteiger partial charge in [-0.05, 0) is 54.1 Å². The summed E-state index contributed by atoms with van der Waals surface area (Å²) in [5.41, 5.74) is 8.32. The number of hydrogen-bond acceptors (Lipinski definition) is 4. The molecule has 0 unspecified atom stereocenters. The van der Waals surface area contributed by atoms with Gasteiger partial charge in [-0.2, -0.15) is 0 Å². The number of hydrogen-bond donors (Lipinski definition) is 2. The quantitative estimate of drug-likeness (QED) is 0.396. The third kappa shape index (κ3) is 4.66. The van der Waals surface area contributed by atoms with Gasteiger partial charge in [0.2, 0.25) is 7.29 Å². The first-order valence-corrected chi connectivity index (χ1v) is 12.1. The Bertz CT molecular complexity index is 1140. The van der Waals surface area contributed by atoms with Crippen molar-refractivity contribution >= 4 is 17.9 Å². The van der Waals surface area contributed by atoms with Crippen molar-refractivity contribution in [2.75, 3.05) is 7.11 Å². The van der Waals surface area contributed by atoms with E-state index in [1.54, 1.807) is 13.3 Å². The minimum atomic E-state index is -3.24. The average Bonchev–Trinajstić information content (AvgIpc) is 2.88. The number of methoxy groups -OCH3 is 1. The minimum absolute atomic E-state index is 0.480. The lowest BCUT2D eigenvalue weighted by molar-refractivity contribution is 0.412. The first-order valence-electron chi connectivity index (χ1n) is 10.4. The summed E-state index contributed by atoms with van der Waals surface area (Å²) in [7, 11) is -1.62. The molecule has 32 heavy (non-hydrogen) atoms. The van der Waals surface area contributed by atoms with E-state index >= 15 is 0 Å². The lowest BCUT2D eigenvalue weighted by Gasteiger charge is -2.31. The van der Waals surface area contributed by atoms with E-state index in [-0.39, 0.29) is 0 Å². The van der Waals surface area contributed by atoms with Crippen molar-refractivity contribution in [2.45, 2.75) is 12.1 Å². The Morgan fingerprint density at radius 2 is 1.47 bits per heavy atom. The molecule has 4 rings (SSSR count). The summed E-state index contributed by atoms with van der Waals surface area (Å²) in [6.45, 7) is 0. The van der Waals surface area contributed by atoms with Crippen LogP contribution in [0.3, 0.4) is 0 Å². The van der Waals surface area contributed by atoms with Crippen molar-refractivity contribution in [2.24, 2.45) is 5.73 Å². The predicted molar refractivity (Wildman–Crippen MR) is 130 cm³/mol. The summed E-state index contributed by atoms with van der Waals surface area (Å²) in [5, 5.41) is 4.89. The largest absolute Gasteiger partial charge is 0.497 e. The van der Waals surface area contributed by atoms with Crippen molar-refractivity contribution in [1.29, 1.82) is 0 Å². The second-order valence-corrected chi connectivity index (χ2v) is 9.95. The van der Waals surface area contributed by atoms with Gasteiger partial charge in [-0.25, -0.2) is 0 Å². The number of nitrogens with one attached hydrogen (secondary N) is 1. The molecular formula is C26H26N3O2P. The maximum absolute atomic E-state index is 14.7. The summed E-state index contributed by atoms with van der Waals surface area (Å²) in [5.74, 6) is 0.705. The summed E-state index contributed by atoms with van der Waals surface area (Å²) < 4.78 is 20.1. The van der Waals surface area contributed by atoms with Gasteiger partial charge in [0.05, 0.1) is 24.9 Å². The highest BCUT2D eigenvalue weighted by Gasteiger charge is 2.34. The van der Waals surface area contributed by atoms with Gasteiger partial charge < -0.3 is 10.5 Å². The molecule has 0 saturated heterocycles. The zero-order valence-corrected chi connectivity index (χ0v) is 18.7. The van der Waals surface area contributed by atoms with Crippen LogP contribution in [-0.2, 0) is 4.57 Å². The third-order valence-electron chi connectivity index (χ3n) is 5.40. The maximum atomic E-state index is 14.7. The SMILES string of the molecule is COc1cccc([C@H](NP(=O)(c2ccccc2)c2ccccc2)[C@@H](N)c2ccccn2)c1. The van der Waals surface area contributed by atoms with Crippen LogP contribution in [-0.4, -0.2) is 12.1 Å². The highest BCUT2D eigenvalue weighted by Crippen LogP contribution is 2.44. The average molecular weight is 443 g/mol. The predicted octanol–water partition coefficient (Wildman–Crippen LogP) is 4.35. The first kappa shape index (κ1) is 22.0. The van der Waals surface area contributed by atoms with Crippen LogP contribution in [0.5, 0.6) is 5.75 Å². The van der Waals surface area contributed by atoms with Crippen molar-refractivity contribution < 1.29 is 9.30 Å². The molecule has 3 aromatic carbocycles. The Balaban J connectivity index is 1.85. The molecule has 1 heterocycles. The molecule has 0 bridgehead atoms. The van der Waals surface area contributed by atoms with Crippen LogP contribution in [0.2, 0.25) is 0 Å². The standard InChI is InChI=1S/C26H26N3O2P/c1-31-21-12-10-11-20(19-21)26(25(27)24-17-8-9-18-28-24)29-32(30,22-13-4-2-5-14-22)23-15-6-3-7-16-23/h2-19,25-26H,27H2,1H3,(H,29,30)/t25-,26-/m0/s1. The highest BCUT2D eigenvalue weighted by molar-refractivity contribution is 7.76. The summed E-state index contributed by atoms with van der Waals surface area (Å²) in [6.07, 6.45) is 1.71. The maximum Gasteiger partial charge on any atom is 0.205 e. The van der Waals surface area contributed by atoms with Crippen molar-refractivity contribution in [3.8, 4) is 5.75 Å². The minimum Gasteiger partial charge on any atom is -0.497 e. The fraction of sp³-hybridized carbons (Fsp3) is 0.115. The molecule has 0 radical (unpaired) electrons. The summed E-state index contributed by atoms with van der Waals surface area (Å²) in [4.78, 5) is 4.46. The van der Waals surface area contributed by atoms with E-state index in [2.05, 4.69) is 10.1 Å². The van der Waals surface area contributed by atoms with Crippen molar-refractivity contribution in [3.63, 3.8) is 0 Å². The molecule has 2 atom stereocenters. The molecule has 3 N–H and O–H groups in total. The van der Waals surface area contributed by atoms with E-state index < -0.39 is 19.4 Å². The molecule has 0 amide bonds. The van der Waals surface area contributed by atoms with Crippen LogP contribution >= 0.6 is 7.29 Å². The molecular weight excluding hydrogens is 417 g/mol. The molecule has 1 aromatic heterocycles. The smallest absolute Gasteiger partial charge is 0.205 e. The van der Waals surface area contributed by atoms with Gasteiger partial charge in [0, 0.05) is 16.8 Å². The van der Waals surface area contributed by atoms with Gasteiger partial charge >= 0.3 is 0 Å². The molecule has 4 aromatic rings. The molecule has 5 nitrogen and oxygen atoms in total.